The van der Waals surface area contributed by atoms with E-state index in [-0.39, 0.29) is 73.4 Å². The lowest BCUT2D eigenvalue weighted by atomic mass is 9.54. The number of aliphatic hydroxyl groups excluding tert-OH is 1. The smallest absolute Gasteiger partial charge is 0.342 e. The van der Waals surface area contributed by atoms with Crippen molar-refractivity contribution in [2.45, 2.75) is 244 Å². The summed E-state index contributed by atoms with van der Waals surface area (Å²) in [6.07, 6.45) is 8.33. The van der Waals surface area contributed by atoms with Crippen molar-refractivity contribution in [2.24, 2.45) is 46.8 Å². The molecule has 2 unspecified atom stereocenters. The number of rotatable bonds is 15. The van der Waals surface area contributed by atoms with E-state index in [4.69, 9.17) is 56.5 Å². The number of aliphatic hydroxyl groups is 2. The molecule has 1 aromatic heterocycles. The first-order chi connectivity index (χ1) is 48.8. The van der Waals surface area contributed by atoms with E-state index < -0.39 is 180 Å². The Morgan fingerprint density at radius 2 is 1.51 bits per heavy atom. The minimum Gasteiger partial charge on any atom is -0.460 e. The zero-order valence-corrected chi connectivity index (χ0v) is 62.2. The van der Waals surface area contributed by atoms with Crippen LogP contribution in [0.15, 0.2) is 69.4 Å². The maximum Gasteiger partial charge on any atom is 0.342 e. The molecular weight excluding hydrogens is 1330 g/mol. The zero-order valence-electron chi connectivity index (χ0n) is 62.2. The molecule has 1 amide bonds. The monoisotopic (exact) mass is 1440 g/mol. The van der Waals surface area contributed by atoms with Crippen LogP contribution in [0.4, 0.5) is 0 Å². The van der Waals surface area contributed by atoms with Crippen LogP contribution in [-0.2, 0) is 95.9 Å². The fraction of sp³-hybridized carbons (Fsp3) is 0.692. The number of amides is 1. The highest BCUT2D eigenvalue weighted by molar-refractivity contribution is 6.39. The van der Waals surface area contributed by atoms with Gasteiger partial charge in [-0.2, -0.15) is 0 Å². The molecular formula is C78H107NO24. The molecule has 25 heteroatoms. The lowest BCUT2D eigenvalue weighted by molar-refractivity contribution is -0.265. The predicted molar refractivity (Wildman–Crippen MR) is 369 cm³/mol. The highest BCUT2D eigenvalue weighted by Gasteiger charge is 2.65. The first-order valence-corrected chi connectivity index (χ1v) is 36.6. The summed E-state index contributed by atoms with van der Waals surface area (Å²) in [5.41, 5.74) is 0.279. The topological polar surface area (TPSA) is 329 Å². The van der Waals surface area contributed by atoms with Crippen LogP contribution < -0.4 is 0 Å². The average molecular weight is 1440 g/mol. The number of piperidine rings is 1. The van der Waals surface area contributed by atoms with Crippen LogP contribution in [0.2, 0.25) is 0 Å². The molecule has 25 nitrogen and oxygen atoms in total. The van der Waals surface area contributed by atoms with Crippen molar-refractivity contribution in [2.75, 3.05) is 54.8 Å². The molecule has 0 radical (unpaired) electrons. The van der Waals surface area contributed by atoms with E-state index in [2.05, 4.69) is 0 Å². The normalized spacial score (nSPS) is 36.3. The fourth-order valence-electron chi connectivity index (χ4n) is 17.5. The third-order valence-electron chi connectivity index (χ3n) is 23.4. The number of ketones is 4. The third-order valence-corrected chi connectivity index (χ3v) is 23.4. The number of hydrogen-bond acceptors (Lipinski definition) is 24. The van der Waals surface area contributed by atoms with E-state index in [1.165, 1.54) is 34.5 Å². The number of allylic oxidation sites excluding steroid dienone is 7. The SMILES string of the molecule is COC[C@H]1OC(=O)c2coc3c2[C@@]1(C)C1=C(C3=O)C2CC[C@H](OC(=O)COCC(=O)O[C@@H]3CC[C@@H](C[C@@H](C)[C@@H]4CC(=O)C(C)=CC(C)[C@@H](O)[C@@H](OC)C(=O)[C@H](C)C[C@H](C)C=CC=CC=C(C)[C@@H](OC)C[C@@H]5CC[C@@H](C)[C@@](O)(O5)C(=O)C(=O)N5CCCC[C@H]5C(=O)O4)C[C@H]3OC)[C@@]2(C)C[C@H]1OC(C)=O. The second-order valence-corrected chi connectivity index (χ2v) is 30.5. The largest absolute Gasteiger partial charge is 0.460 e. The van der Waals surface area contributed by atoms with Gasteiger partial charge in [0.2, 0.25) is 11.6 Å². The summed E-state index contributed by atoms with van der Waals surface area (Å²) in [7, 11) is 5.87. The van der Waals surface area contributed by atoms with Crippen molar-refractivity contribution in [3.8, 4) is 0 Å². The van der Waals surface area contributed by atoms with Gasteiger partial charge in [-0.1, -0.05) is 78.0 Å². The Labute approximate surface area is 603 Å². The van der Waals surface area contributed by atoms with E-state index in [1.54, 1.807) is 40.9 Å². The van der Waals surface area contributed by atoms with Gasteiger partial charge in [0.1, 0.15) is 67.7 Å². The molecule has 2 saturated carbocycles. The molecule has 2 N–H and O–H groups in total. The molecule has 1 aromatic rings. The number of esters is 5. The van der Waals surface area contributed by atoms with E-state index in [0.717, 1.165) is 10.5 Å². The second-order valence-electron chi connectivity index (χ2n) is 30.5. The number of fused-ring (bicyclic) bond motifs is 6. The maximum atomic E-state index is 14.8. The molecule has 21 atom stereocenters. The van der Waals surface area contributed by atoms with Crippen molar-refractivity contribution >= 4 is 58.9 Å². The van der Waals surface area contributed by atoms with Gasteiger partial charge in [-0.15, -0.1) is 0 Å². The summed E-state index contributed by atoms with van der Waals surface area (Å²) in [6, 6.07) is -1.25. The Hall–Kier alpha value is -6.84. The lowest BCUT2D eigenvalue weighted by Gasteiger charge is -2.52. The minimum absolute atomic E-state index is 0.00824. The summed E-state index contributed by atoms with van der Waals surface area (Å²) < 4.78 is 70.9. The van der Waals surface area contributed by atoms with Crippen molar-refractivity contribution in [1.82, 2.24) is 4.90 Å². The Bertz CT molecular complexity index is 3500. The predicted octanol–water partition coefficient (Wildman–Crippen LogP) is 8.64. The molecule has 0 aromatic carbocycles. The number of methoxy groups -OCH3 is 4. The van der Waals surface area contributed by atoms with E-state index in [9.17, 15) is 58.2 Å². The Morgan fingerprint density at radius 1 is 0.786 bits per heavy atom. The quantitative estimate of drug-likeness (QED) is 0.0942. The zero-order chi connectivity index (χ0) is 75.2. The second kappa shape index (κ2) is 34.2. The van der Waals surface area contributed by atoms with Gasteiger partial charge < -0.3 is 71.6 Å². The van der Waals surface area contributed by atoms with Gasteiger partial charge in [-0.25, -0.2) is 19.2 Å². The molecule has 4 aliphatic heterocycles. The van der Waals surface area contributed by atoms with Crippen molar-refractivity contribution in [3.05, 3.63) is 81.9 Å². The molecule has 4 fully saturated rings. The molecule has 4 aliphatic carbocycles. The number of carbonyl (C=O) groups excluding carboxylic acids is 10. The van der Waals surface area contributed by atoms with E-state index >= 15 is 0 Å². The number of nitrogens with zero attached hydrogens (tertiary/aromatic N) is 1. The summed E-state index contributed by atoms with van der Waals surface area (Å²) in [5.74, 6) is -12.8. The molecule has 8 aliphatic rings. The van der Waals surface area contributed by atoms with Gasteiger partial charge in [0, 0.05) is 89.1 Å². The van der Waals surface area contributed by atoms with Crippen LogP contribution in [0.1, 0.15) is 192 Å². The van der Waals surface area contributed by atoms with Crippen molar-refractivity contribution in [3.63, 3.8) is 0 Å². The molecule has 0 spiro atoms. The van der Waals surface area contributed by atoms with E-state index in [1.807, 2.05) is 65.0 Å². The summed E-state index contributed by atoms with van der Waals surface area (Å²) in [6.45, 7) is 16.1. The number of ether oxygens (including phenoxy) is 11. The van der Waals surface area contributed by atoms with Gasteiger partial charge in [0.25, 0.3) is 11.7 Å². The van der Waals surface area contributed by atoms with Crippen LogP contribution in [0, 0.1) is 46.8 Å². The van der Waals surface area contributed by atoms with Crippen molar-refractivity contribution < 1.29 is 115 Å². The molecule has 103 heavy (non-hydrogen) atoms. The Morgan fingerprint density at radius 3 is 2.20 bits per heavy atom. The number of carbonyl (C=O) groups is 10. The maximum absolute atomic E-state index is 14.8. The minimum atomic E-state index is -2.51. The molecule has 2 saturated heterocycles. The van der Waals surface area contributed by atoms with Gasteiger partial charge in [-0.3, -0.25) is 28.8 Å². The Kier molecular flexibility index (Phi) is 26.6. The van der Waals surface area contributed by atoms with Crippen LogP contribution in [0.25, 0.3) is 0 Å². The summed E-state index contributed by atoms with van der Waals surface area (Å²) in [5, 5.41) is 23.8. The van der Waals surface area contributed by atoms with Gasteiger partial charge in [-0.05, 0) is 145 Å². The van der Waals surface area contributed by atoms with Crippen LogP contribution in [-0.4, -0.2) is 202 Å². The van der Waals surface area contributed by atoms with Crippen LogP contribution in [0.5, 0.6) is 0 Å². The highest BCUT2D eigenvalue weighted by atomic mass is 16.6. The molecule has 9 rings (SSSR count). The average Bonchev–Trinajstić information content (AvgIpc) is 1.63. The van der Waals surface area contributed by atoms with Gasteiger partial charge in [0.15, 0.2) is 17.3 Å². The number of cyclic esters (lactones) is 2. The lowest BCUT2D eigenvalue weighted by Crippen LogP contribution is -2.61. The first-order valence-electron chi connectivity index (χ1n) is 36.6. The highest BCUT2D eigenvalue weighted by Crippen LogP contribution is 2.63. The van der Waals surface area contributed by atoms with Crippen molar-refractivity contribution in [1.29, 1.82) is 0 Å². The third kappa shape index (κ3) is 17.2. The van der Waals surface area contributed by atoms with Crippen LogP contribution in [0.3, 0.4) is 0 Å². The van der Waals surface area contributed by atoms with Gasteiger partial charge in [0.05, 0.1) is 36.4 Å². The number of Topliss-reactive ketones (excluding diaryl/α,β-unsaturated/α-hetero) is 4. The molecule has 5 heterocycles. The Balaban J connectivity index is 0.860. The number of furan rings is 1. The number of hydrogen-bond donors (Lipinski definition) is 2. The summed E-state index contributed by atoms with van der Waals surface area (Å²) >= 11 is 0. The standard InChI is InChI=1S/C78H107NO24/c1-41-20-16-15-17-21-42(2)56(93-12)34-50-25-23-47(7)78(91,103-50)72(87)73(88)79-29-19-18-22-53(79)75(90)100-57(35-54(81)43(3)31-46(6)68(85)71(95-14)67(84)45(5)30-41)44(4)32-49-24-27-55(58(33-49)94-13)99-62(82)39-96-40-63(83)101-60-28-26-52-64-66(59(98-48(8)80)36-76(52,60)9)77(10)61(38-92-11)102-74(89)51-37-97-70(65(51)77)69(64)86/h15-17,20-21,31,37,41,44-47,49-50,52-53,55-61,68,71,85,91H,18-19,22-30,32-36,38-40H2,1-14H3/t41-,44-,45-,46?,47-,49+,50+,52?,53+,55-,56+,57+,58-,59-,60+,61-,68-,71+,76+,77+,78-/m1/s1. The fourth-order valence-corrected chi connectivity index (χ4v) is 17.5. The molecule has 568 valence electrons. The van der Waals surface area contributed by atoms with E-state index in [0.29, 0.717) is 87.3 Å². The summed E-state index contributed by atoms with van der Waals surface area (Å²) in [4.78, 5) is 141. The molecule has 2 bridgehead atoms. The first kappa shape index (κ1) is 80.3. The van der Waals surface area contributed by atoms with Crippen LogP contribution >= 0.6 is 0 Å². The van der Waals surface area contributed by atoms with Gasteiger partial charge >= 0.3 is 29.8 Å².